The van der Waals surface area contributed by atoms with Gasteiger partial charge in [-0.05, 0) is 11.8 Å². The van der Waals surface area contributed by atoms with Gasteiger partial charge in [0, 0.05) is 26.6 Å². The first kappa shape index (κ1) is 11.5. The average Bonchev–Trinajstić information content (AvgIpc) is 2.32. The van der Waals surface area contributed by atoms with Crippen LogP contribution in [0.15, 0.2) is 0 Å². The topological polar surface area (TPSA) is 35.6 Å². The van der Waals surface area contributed by atoms with Gasteiger partial charge in [0.05, 0.1) is 0 Å². The van der Waals surface area contributed by atoms with Gasteiger partial charge in [-0.25, -0.2) is 5.01 Å². The molecule has 1 heterocycles. The van der Waals surface area contributed by atoms with Crippen LogP contribution in [0.1, 0.15) is 33.6 Å². The highest BCUT2D eigenvalue weighted by atomic mass is 16.2. The number of hydrazine groups is 2. The van der Waals surface area contributed by atoms with Crippen LogP contribution in [0, 0.1) is 5.41 Å². The van der Waals surface area contributed by atoms with Crippen molar-refractivity contribution < 1.29 is 4.79 Å². The van der Waals surface area contributed by atoms with Crippen molar-refractivity contribution in [1.82, 2.24) is 15.6 Å². The SMILES string of the molecule is CN1CCCN1NC(=O)CC(C)(C)C. The van der Waals surface area contributed by atoms with Gasteiger partial charge in [0.15, 0.2) is 0 Å². The van der Waals surface area contributed by atoms with Crippen LogP contribution < -0.4 is 5.43 Å². The Balaban J connectivity index is 2.33. The van der Waals surface area contributed by atoms with Gasteiger partial charge in [0.2, 0.25) is 5.91 Å². The fraction of sp³-hybridized carbons (Fsp3) is 0.900. The second kappa shape index (κ2) is 4.28. The first-order chi connectivity index (χ1) is 6.38. The van der Waals surface area contributed by atoms with E-state index in [0.717, 1.165) is 19.5 Å². The zero-order chi connectivity index (χ0) is 10.8. The van der Waals surface area contributed by atoms with E-state index in [9.17, 15) is 4.79 Å². The van der Waals surface area contributed by atoms with Gasteiger partial charge in [-0.3, -0.25) is 10.2 Å². The van der Waals surface area contributed by atoms with Crippen LogP contribution in [0.4, 0.5) is 0 Å². The number of hydrogen-bond donors (Lipinski definition) is 1. The van der Waals surface area contributed by atoms with Crippen molar-refractivity contribution in [3.05, 3.63) is 0 Å². The second-order valence-electron chi connectivity index (χ2n) is 5.13. The molecule has 0 radical (unpaired) electrons. The van der Waals surface area contributed by atoms with Crippen LogP contribution >= 0.6 is 0 Å². The van der Waals surface area contributed by atoms with Crippen LogP contribution in [0.2, 0.25) is 0 Å². The predicted octanol–water partition coefficient (Wildman–Crippen LogP) is 1.01. The van der Waals surface area contributed by atoms with Crippen molar-refractivity contribution >= 4 is 5.91 Å². The fourth-order valence-electron chi connectivity index (χ4n) is 1.55. The predicted molar refractivity (Wildman–Crippen MR) is 56.2 cm³/mol. The summed E-state index contributed by atoms with van der Waals surface area (Å²) in [5.74, 6) is 0.103. The van der Waals surface area contributed by atoms with E-state index >= 15 is 0 Å². The van der Waals surface area contributed by atoms with Crippen LogP contribution in [-0.2, 0) is 4.79 Å². The molecule has 14 heavy (non-hydrogen) atoms. The van der Waals surface area contributed by atoms with Gasteiger partial charge in [-0.2, -0.15) is 5.12 Å². The smallest absolute Gasteiger partial charge is 0.235 e. The Labute approximate surface area is 86.2 Å². The molecule has 0 bridgehead atoms. The maximum atomic E-state index is 11.6. The molecule has 1 N–H and O–H groups in total. The molecule has 0 aromatic rings. The third-order valence-corrected chi connectivity index (χ3v) is 2.21. The van der Waals surface area contributed by atoms with Crippen LogP contribution in [0.5, 0.6) is 0 Å². The molecule has 0 saturated carbocycles. The number of hydrogen-bond acceptors (Lipinski definition) is 3. The summed E-state index contributed by atoms with van der Waals surface area (Å²) in [6.07, 6.45) is 1.68. The molecule has 0 unspecified atom stereocenters. The normalized spacial score (nSPS) is 20.0. The molecule has 1 saturated heterocycles. The maximum absolute atomic E-state index is 11.6. The number of amides is 1. The zero-order valence-corrected chi connectivity index (χ0v) is 9.63. The van der Waals surface area contributed by atoms with Crippen LogP contribution in [0.25, 0.3) is 0 Å². The molecular formula is C10H21N3O. The van der Waals surface area contributed by atoms with Crippen molar-refractivity contribution in [1.29, 1.82) is 0 Å². The summed E-state index contributed by atoms with van der Waals surface area (Å²) in [5, 5.41) is 3.94. The summed E-state index contributed by atoms with van der Waals surface area (Å²) < 4.78 is 0. The number of nitrogens with zero attached hydrogens (tertiary/aromatic N) is 2. The number of nitrogens with one attached hydrogen (secondary N) is 1. The van der Waals surface area contributed by atoms with Crippen molar-refractivity contribution in [2.45, 2.75) is 33.6 Å². The summed E-state index contributed by atoms with van der Waals surface area (Å²) in [4.78, 5) is 11.6. The van der Waals surface area contributed by atoms with Gasteiger partial charge in [-0.1, -0.05) is 20.8 Å². The third kappa shape index (κ3) is 3.64. The van der Waals surface area contributed by atoms with E-state index in [4.69, 9.17) is 0 Å². The monoisotopic (exact) mass is 199 g/mol. The summed E-state index contributed by atoms with van der Waals surface area (Å²) in [5.41, 5.74) is 2.96. The Morgan fingerprint density at radius 3 is 2.43 bits per heavy atom. The van der Waals surface area contributed by atoms with Crippen molar-refractivity contribution in [3.8, 4) is 0 Å². The van der Waals surface area contributed by atoms with Gasteiger partial charge in [0.25, 0.3) is 0 Å². The van der Waals surface area contributed by atoms with Crippen molar-refractivity contribution in [3.63, 3.8) is 0 Å². The standard InChI is InChI=1S/C10H21N3O/c1-10(2,3)8-9(14)11-13-7-5-6-12(13)4/h5-8H2,1-4H3,(H,11,14). The maximum Gasteiger partial charge on any atom is 0.235 e. The lowest BCUT2D eigenvalue weighted by Crippen LogP contribution is -2.48. The number of rotatable bonds is 2. The molecule has 0 spiro atoms. The molecule has 1 rings (SSSR count). The molecular weight excluding hydrogens is 178 g/mol. The van der Waals surface area contributed by atoms with Gasteiger partial charge in [-0.15, -0.1) is 0 Å². The van der Waals surface area contributed by atoms with Crippen LogP contribution in [-0.4, -0.2) is 36.2 Å². The zero-order valence-electron chi connectivity index (χ0n) is 9.63. The Kier molecular flexibility index (Phi) is 3.50. The largest absolute Gasteiger partial charge is 0.275 e. The Bertz CT molecular complexity index is 210. The molecule has 0 atom stereocenters. The molecule has 0 aromatic carbocycles. The van der Waals surface area contributed by atoms with Gasteiger partial charge < -0.3 is 0 Å². The van der Waals surface area contributed by atoms with Crippen LogP contribution in [0.3, 0.4) is 0 Å². The first-order valence-corrected chi connectivity index (χ1v) is 5.16. The summed E-state index contributed by atoms with van der Waals surface area (Å²) in [6.45, 7) is 8.16. The second-order valence-corrected chi connectivity index (χ2v) is 5.13. The quantitative estimate of drug-likeness (QED) is 0.721. The molecule has 0 aromatic heterocycles. The van der Waals surface area contributed by atoms with E-state index in [1.54, 1.807) is 0 Å². The van der Waals surface area contributed by atoms with Gasteiger partial charge >= 0.3 is 0 Å². The third-order valence-electron chi connectivity index (χ3n) is 2.21. The lowest BCUT2D eigenvalue weighted by molar-refractivity contribution is -0.134. The average molecular weight is 199 g/mol. The molecule has 1 amide bonds. The molecule has 4 nitrogen and oxygen atoms in total. The Hall–Kier alpha value is -0.610. The van der Waals surface area contributed by atoms with E-state index in [1.165, 1.54) is 0 Å². The highest BCUT2D eigenvalue weighted by Crippen LogP contribution is 2.18. The van der Waals surface area contributed by atoms with Gasteiger partial charge in [0.1, 0.15) is 0 Å². The first-order valence-electron chi connectivity index (χ1n) is 5.16. The molecule has 1 fully saturated rings. The Morgan fingerprint density at radius 1 is 1.36 bits per heavy atom. The minimum absolute atomic E-state index is 0.0579. The van der Waals surface area contributed by atoms with E-state index in [0.29, 0.717) is 6.42 Å². The lowest BCUT2D eigenvalue weighted by Gasteiger charge is -2.26. The Morgan fingerprint density at radius 2 is 2.00 bits per heavy atom. The minimum Gasteiger partial charge on any atom is -0.275 e. The summed E-state index contributed by atoms with van der Waals surface area (Å²) in [7, 11) is 1.99. The van der Waals surface area contributed by atoms with E-state index in [2.05, 4.69) is 26.2 Å². The lowest BCUT2D eigenvalue weighted by atomic mass is 9.92. The highest BCUT2D eigenvalue weighted by Gasteiger charge is 2.22. The summed E-state index contributed by atoms with van der Waals surface area (Å²) >= 11 is 0. The highest BCUT2D eigenvalue weighted by molar-refractivity contribution is 5.75. The van der Waals surface area contributed by atoms with E-state index in [-0.39, 0.29) is 11.3 Å². The van der Waals surface area contributed by atoms with E-state index < -0.39 is 0 Å². The summed E-state index contributed by atoms with van der Waals surface area (Å²) in [6, 6.07) is 0. The molecule has 1 aliphatic heterocycles. The molecule has 4 heteroatoms. The molecule has 0 aliphatic carbocycles. The molecule has 1 aliphatic rings. The fourth-order valence-corrected chi connectivity index (χ4v) is 1.55. The minimum atomic E-state index is 0.0579. The number of carbonyl (C=O) groups is 1. The molecule has 82 valence electrons. The number of carbonyl (C=O) groups excluding carboxylic acids is 1. The van der Waals surface area contributed by atoms with Crippen molar-refractivity contribution in [2.75, 3.05) is 20.1 Å². The van der Waals surface area contributed by atoms with Crippen molar-refractivity contribution in [2.24, 2.45) is 5.41 Å². The van der Waals surface area contributed by atoms with E-state index in [1.807, 2.05) is 17.2 Å².